The van der Waals surface area contributed by atoms with Crippen molar-refractivity contribution in [3.63, 3.8) is 0 Å². The molecule has 0 aliphatic heterocycles. The number of esters is 1. The number of aliphatic hydroxyl groups is 1. The van der Waals surface area contributed by atoms with Crippen molar-refractivity contribution in [2.24, 2.45) is 0 Å². The molecule has 0 amide bonds. The first-order valence-electron chi connectivity index (χ1n) is 4.02. The van der Waals surface area contributed by atoms with Gasteiger partial charge in [-0.15, -0.1) is 0 Å². The van der Waals surface area contributed by atoms with Gasteiger partial charge < -0.3 is 9.84 Å². The molecular weight excluding hydrogens is 182 g/mol. The molecule has 0 bridgehead atoms. The third-order valence-corrected chi connectivity index (χ3v) is 1.80. The Morgan fingerprint density at radius 3 is 2.64 bits per heavy atom. The molecule has 4 nitrogen and oxygen atoms in total. The fraction of sp³-hybridized carbons (Fsp3) is 0.200. The predicted molar refractivity (Wildman–Crippen MR) is 50.4 cm³/mol. The fourth-order valence-electron chi connectivity index (χ4n) is 0.990. The van der Waals surface area contributed by atoms with Gasteiger partial charge in [0.05, 0.1) is 12.7 Å². The number of ether oxygens (including phenoxy) is 1. The van der Waals surface area contributed by atoms with Crippen molar-refractivity contribution in [3.8, 4) is 0 Å². The van der Waals surface area contributed by atoms with Crippen molar-refractivity contribution in [3.05, 3.63) is 42.2 Å². The number of carbonyl (C=O) groups is 1. The molecule has 1 unspecified atom stereocenters. The smallest absolute Gasteiger partial charge is 0.336 e. The first kappa shape index (κ1) is 10.4. The average Bonchev–Trinajstić information content (AvgIpc) is 2.27. The third kappa shape index (κ3) is 2.17. The maximum Gasteiger partial charge on any atom is 0.336 e. The van der Waals surface area contributed by atoms with Gasteiger partial charge in [-0.2, -0.15) is 0 Å². The number of pyridine rings is 1. The van der Waals surface area contributed by atoms with Crippen molar-refractivity contribution >= 4 is 5.97 Å². The molecule has 0 aliphatic rings. The van der Waals surface area contributed by atoms with Gasteiger partial charge in [-0.05, 0) is 17.7 Å². The zero-order valence-corrected chi connectivity index (χ0v) is 7.80. The first-order chi connectivity index (χ1) is 6.66. The molecule has 0 aromatic carbocycles. The SMILES string of the molecule is C=C(C(=O)OC)C(O)c1ccncc1. The molecule has 0 saturated carbocycles. The molecule has 1 heterocycles. The maximum atomic E-state index is 11.0. The van der Waals surface area contributed by atoms with Gasteiger partial charge in [0.1, 0.15) is 6.10 Å². The lowest BCUT2D eigenvalue weighted by molar-refractivity contribution is -0.137. The molecule has 0 fully saturated rings. The van der Waals surface area contributed by atoms with Crippen LogP contribution in [0.2, 0.25) is 0 Å². The van der Waals surface area contributed by atoms with Gasteiger partial charge in [-0.3, -0.25) is 4.98 Å². The van der Waals surface area contributed by atoms with Crippen molar-refractivity contribution < 1.29 is 14.6 Å². The summed E-state index contributed by atoms with van der Waals surface area (Å²) in [5.41, 5.74) is 0.578. The summed E-state index contributed by atoms with van der Waals surface area (Å²) in [6.45, 7) is 3.46. The van der Waals surface area contributed by atoms with Crippen molar-refractivity contribution in [2.45, 2.75) is 6.10 Å². The lowest BCUT2D eigenvalue weighted by Crippen LogP contribution is -2.11. The molecule has 0 spiro atoms. The number of rotatable bonds is 3. The first-order valence-corrected chi connectivity index (χ1v) is 4.02. The van der Waals surface area contributed by atoms with E-state index in [1.807, 2.05) is 0 Å². The summed E-state index contributed by atoms with van der Waals surface area (Å²) in [5, 5.41) is 9.66. The summed E-state index contributed by atoms with van der Waals surface area (Å²) in [7, 11) is 1.24. The average molecular weight is 193 g/mol. The predicted octanol–water partition coefficient (Wildman–Crippen LogP) is 0.844. The Balaban J connectivity index is 2.81. The largest absolute Gasteiger partial charge is 0.466 e. The second-order valence-corrected chi connectivity index (χ2v) is 2.70. The second kappa shape index (κ2) is 4.53. The summed E-state index contributed by atoms with van der Waals surface area (Å²) >= 11 is 0. The van der Waals surface area contributed by atoms with E-state index in [4.69, 9.17) is 0 Å². The number of methoxy groups -OCH3 is 1. The molecule has 1 atom stereocenters. The highest BCUT2D eigenvalue weighted by Gasteiger charge is 2.18. The van der Waals surface area contributed by atoms with Crippen LogP contribution in [0.1, 0.15) is 11.7 Å². The van der Waals surface area contributed by atoms with Gasteiger partial charge >= 0.3 is 5.97 Å². The quantitative estimate of drug-likeness (QED) is 0.571. The maximum absolute atomic E-state index is 11.0. The lowest BCUT2D eigenvalue weighted by atomic mass is 10.0. The molecule has 0 saturated heterocycles. The van der Waals surface area contributed by atoms with Crippen LogP contribution in [0.4, 0.5) is 0 Å². The highest BCUT2D eigenvalue weighted by molar-refractivity contribution is 5.88. The Morgan fingerprint density at radius 1 is 1.57 bits per heavy atom. The van der Waals surface area contributed by atoms with E-state index in [9.17, 15) is 9.90 Å². The molecule has 1 aromatic rings. The Labute approximate surface area is 81.9 Å². The number of nitrogens with zero attached hydrogens (tertiary/aromatic N) is 1. The van der Waals surface area contributed by atoms with Crippen molar-refractivity contribution in [1.82, 2.24) is 4.98 Å². The van der Waals surface area contributed by atoms with E-state index in [-0.39, 0.29) is 5.57 Å². The van der Waals surface area contributed by atoms with Crippen LogP contribution in [0.5, 0.6) is 0 Å². The summed E-state index contributed by atoms with van der Waals surface area (Å²) in [5.74, 6) is -0.616. The molecule has 1 aromatic heterocycles. The fourth-order valence-corrected chi connectivity index (χ4v) is 0.990. The van der Waals surface area contributed by atoms with Gasteiger partial charge in [-0.25, -0.2) is 4.79 Å². The van der Waals surface area contributed by atoms with E-state index in [1.54, 1.807) is 12.1 Å². The molecule has 1 rings (SSSR count). The third-order valence-electron chi connectivity index (χ3n) is 1.80. The van der Waals surface area contributed by atoms with Crippen LogP contribution in [0, 0.1) is 0 Å². The number of hydrogen-bond donors (Lipinski definition) is 1. The normalized spacial score (nSPS) is 11.9. The van der Waals surface area contributed by atoms with Gasteiger partial charge in [0, 0.05) is 12.4 Å². The zero-order chi connectivity index (χ0) is 10.6. The minimum absolute atomic E-state index is 0.0127. The second-order valence-electron chi connectivity index (χ2n) is 2.70. The highest BCUT2D eigenvalue weighted by Crippen LogP contribution is 2.19. The lowest BCUT2D eigenvalue weighted by Gasteiger charge is -2.11. The van der Waals surface area contributed by atoms with E-state index in [0.717, 1.165) is 0 Å². The Hall–Kier alpha value is -1.68. The van der Waals surface area contributed by atoms with Gasteiger partial charge in [0.15, 0.2) is 0 Å². The number of hydrogen-bond acceptors (Lipinski definition) is 4. The van der Waals surface area contributed by atoms with Gasteiger partial charge in [0.25, 0.3) is 0 Å². The molecule has 14 heavy (non-hydrogen) atoms. The van der Waals surface area contributed by atoms with Crippen LogP contribution in [-0.2, 0) is 9.53 Å². The summed E-state index contributed by atoms with van der Waals surface area (Å²) in [4.78, 5) is 14.8. The van der Waals surface area contributed by atoms with E-state index < -0.39 is 12.1 Å². The number of aliphatic hydroxyl groups excluding tert-OH is 1. The highest BCUT2D eigenvalue weighted by atomic mass is 16.5. The van der Waals surface area contributed by atoms with Crippen LogP contribution >= 0.6 is 0 Å². The minimum atomic E-state index is -1.04. The summed E-state index contributed by atoms with van der Waals surface area (Å²) in [6.07, 6.45) is 2.03. The number of carbonyl (C=O) groups excluding carboxylic acids is 1. The molecule has 4 heteroatoms. The van der Waals surface area contributed by atoms with Crippen molar-refractivity contribution in [1.29, 1.82) is 0 Å². The standard InChI is InChI=1S/C10H11NO3/c1-7(10(13)14-2)9(12)8-3-5-11-6-4-8/h3-6,9,12H,1H2,2H3. The topological polar surface area (TPSA) is 59.4 Å². The molecule has 0 radical (unpaired) electrons. The Bertz CT molecular complexity index is 334. The summed E-state index contributed by atoms with van der Waals surface area (Å²) in [6, 6.07) is 3.22. The zero-order valence-electron chi connectivity index (χ0n) is 7.80. The van der Waals surface area contributed by atoms with Gasteiger partial charge in [0.2, 0.25) is 0 Å². The van der Waals surface area contributed by atoms with Crippen LogP contribution in [-0.4, -0.2) is 23.2 Å². The van der Waals surface area contributed by atoms with Crippen molar-refractivity contribution in [2.75, 3.05) is 7.11 Å². The number of aromatic nitrogens is 1. The van der Waals surface area contributed by atoms with E-state index in [1.165, 1.54) is 19.5 Å². The van der Waals surface area contributed by atoms with Crippen LogP contribution in [0.25, 0.3) is 0 Å². The van der Waals surface area contributed by atoms with E-state index in [2.05, 4.69) is 16.3 Å². The Morgan fingerprint density at radius 2 is 2.14 bits per heavy atom. The molecule has 0 aliphatic carbocycles. The molecular formula is C10H11NO3. The van der Waals surface area contributed by atoms with E-state index >= 15 is 0 Å². The van der Waals surface area contributed by atoms with E-state index in [0.29, 0.717) is 5.56 Å². The Kier molecular flexibility index (Phi) is 3.36. The van der Waals surface area contributed by atoms with Crippen LogP contribution in [0.15, 0.2) is 36.7 Å². The summed E-state index contributed by atoms with van der Waals surface area (Å²) < 4.78 is 4.44. The monoisotopic (exact) mass is 193 g/mol. The molecule has 74 valence electrons. The minimum Gasteiger partial charge on any atom is -0.466 e. The van der Waals surface area contributed by atoms with Gasteiger partial charge in [-0.1, -0.05) is 6.58 Å². The van der Waals surface area contributed by atoms with Crippen LogP contribution < -0.4 is 0 Å². The molecule has 1 N–H and O–H groups in total. The van der Waals surface area contributed by atoms with Crippen LogP contribution in [0.3, 0.4) is 0 Å².